The van der Waals surface area contributed by atoms with E-state index in [9.17, 15) is 18.8 Å². The molecule has 34 heavy (non-hydrogen) atoms. The van der Waals surface area contributed by atoms with Gasteiger partial charge in [0.15, 0.2) is 0 Å². The van der Waals surface area contributed by atoms with Crippen LogP contribution in [0.4, 0.5) is 4.39 Å². The van der Waals surface area contributed by atoms with Crippen molar-refractivity contribution < 1.29 is 18.8 Å². The molecule has 1 saturated heterocycles. The summed E-state index contributed by atoms with van der Waals surface area (Å²) < 4.78 is 13.5. The SMILES string of the molecule is Cc1nc(C(=O)N2CCCC(C)C2CN2C(=O)c3ccccc3C2=O)c(-c2ccc(F)cc2)s1. The molecule has 174 valence electrons. The molecule has 2 aliphatic heterocycles. The Morgan fingerprint density at radius 3 is 2.38 bits per heavy atom. The van der Waals surface area contributed by atoms with Gasteiger partial charge in [-0.25, -0.2) is 9.37 Å². The third-order valence-corrected chi connectivity index (χ3v) is 7.69. The summed E-state index contributed by atoms with van der Waals surface area (Å²) in [7, 11) is 0. The van der Waals surface area contributed by atoms with Crippen LogP contribution in [-0.2, 0) is 0 Å². The lowest BCUT2D eigenvalue weighted by atomic mass is 9.90. The standard InChI is InChI=1S/C26H24FN3O3S/c1-15-6-5-13-29(21(15)14-30-24(31)19-7-3-4-8-20(19)25(30)32)26(33)22-23(34-16(2)28-22)17-9-11-18(27)12-10-17/h3-4,7-12,15,21H,5-6,13-14H2,1-2H3. The Hall–Kier alpha value is -3.39. The van der Waals surface area contributed by atoms with Crippen LogP contribution < -0.4 is 0 Å². The Morgan fingerprint density at radius 1 is 1.09 bits per heavy atom. The number of thiazole rings is 1. The number of fused-ring (bicyclic) bond motifs is 1. The molecule has 3 aromatic rings. The number of benzene rings is 2. The van der Waals surface area contributed by atoms with E-state index < -0.39 is 0 Å². The van der Waals surface area contributed by atoms with E-state index in [0.717, 1.165) is 23.4 Å². The van der Waals surface area contributed by atoms with Crippen LogP contribution in [0.3, 0.4) is 0 Å². The second kappa shape index (κ2) is 8.76. The van der Waals surface area contributed by atoms with Crippen molar-refractivity contribution in [2.24, 2.45) is 5.92 Å². The van der Waals surface area contributed by atoms with E-state index in [1.54, 1.807) is 41.3 Å². The van der Waals surface area contributed by atoms with Crippen LogP contribution in [0, 0.1) is 18.7 Å². The summed E-state index contributed by atoms with van der Waals surface area (Å²) in [5.74, 6) is -1.10. The third-order valence-electron chi connectivity index (χ3n) is 6.67. The van der Waals surface area contributed by atoms with E-state index >= 15 is 0 Å². The summed E-state index contributed by atoms with van der Waals surface area (Å²) >= 11 is 1.39. The highest BCUT2D eigenvalue weighted by Crippen LogP contribution is 2.34. The third kappa shape index (κ3) is 3.81. The number of hydrogen-bond acceptors (Lipinski definition) is 5. The van der Waals surface area contributed by atoms with Gasteiger partial charge in [-0.3, -0.25) is 19.3 Å². The Bertz CT molecular complexity index is 1250. The maximum atomic E-state index is 13.8. The van der Waals surface area contributed by atoms with Crippen LogP contribution >= 0.6 is 11.3 Å². The molecule has 5 rings (SSSR count). The molecule has 0 N–H and O–H groups in total. The molecule has 0 aliphatic carbocycles. The summed E-state index contributed by atoms with van der Waals surface area (Å²) in [6.45, 7) is 4.56. The Balaban J connectivity index is 1.45. The van der Waals surface area contributed by atoms with Gasteiger partial charge in [0.2, 0.25) is 0 Å². The number of carbonyl (C=O) groups excluding carboxylic acids is 3. The minimum absolute atomic E-state index is 0.107. The van der Waals surface area contributed by atoms with Gasteiger partial charge in [0.25, 0.3) is 17.7 Å². The van der Waals surface area contributed by atoms with E-state index in [2.05, 4.69) is 11.9 Å². The zero-order chi connectivity index (χ0) is 24.0. The molecule has 1 fully saturated rings. The zero-order valence-electron chi connectivity index (χ0n) is 19.0. The van der Waals surface area contributed by atoms with Gasteiger partial charge in [0.1, 0.15) is 11.5 Å². The Labute approximate surface area is 201 Å². The summed E-state index contributed by atoms with van der Waals surface area (Å²) in [5.41, 5.74) is 1.87. The van der Waals surface area contributed by atoms with Crippen LogP contribution in [0.2, 0.25) is 0 Å². The molecular formula is C26H24FN3O3S. The van der Waals surface area contributed by atoms with E-state index in [0.29, 0.717) is 28.2 Å². The van der Waals surface area contributed by atoms with Crippen LogP contribution in [0.25, 0.3) is 10.4 Å². The monoisotopic (exact) mass is 477 g/mol. The first-order chi connectivity index (χ1) is 16.3. The maximum absolute atomic E-state index is 13.8. The van der Waals surface area contributed by atoms with Gasteiger partial charge in [0, 0.05) is 6.54 Å². The van der Waals surface area contributed by atoms with Crippen LogP contribution in [0.5, 0.6) is 0 Å². The largest absolute Gasteiger partial charge is 0.332 e. The van der Waals surface area contributed by atoms with E-state index in [4.69, 9.17) is 0 Å². The van der Waals surface area contributed by atoms with E-state index in [-0.39, 0.29) is 42.0 Å². The smallest absolute Gasteiger partial charge is 0.274 e. The van der Waals surface area contributed by atoms with Crippen molar-refractivity contribution >= 4 is 29.1 Å². The second-order valence-corrected chi connectivity index (χ2v) is 10.1. The molecule has 3 amide bonds. The van der Waals surface area contributed by atoms with Gasteiger partial charge in [-0.1, -0.05) is 31.2 Å². The lowest BCUT2D eigenvalue weighted by Gasteiger charge is -2.41. The van der Waals surface area contributed by atoms with Gasteiger partial charge in [-0.05, 0) is 55.5 Å². The van der Waals surface area contributed by atoms with Crippen molar-refractivity contribution in [2.75, 3.05) is 13.1 Å². The van der Waals surface area contributed by atoms with Crippen molar-refractivity contribution in [3.8, 4) is 10.4 Å². The normalized spacial score (nSPS) is 20.1. The summed E-state index contributed by atoms with van der Waals surface area (Å²) in [6.07, 6.45) is 1.74. The average molecular weight is 478 g/mol. The predicted octanol–water partition coefficient (Wildman–Crippen LogP) is 4.79. The molecule has 2 atom stereocenters. The summed E-state index contributed by atoms with van der Waals surface area (Å²) in [4.78, 5) is 48.0. The topological polar surface area (TPSA) is 70.6 Å². The maximum Gasteiger partial charge on any atom is 0.274 e. The molecular weight excluding hydrogens is 453 g/mol. The minimum Gasteiger partial charge on any atom is -0.332 e. The quantitative estimate of drug-likeness (QED) is 0.507. The van der Waals surface area contributed by atoms with Gasteiger partial charge in [0.05, 0.1) is 33.6 Å². The van der Waals surface area contributed by atoms with Crippen LogP contribution in [0.15, 0.2) is 48.5 Å². The Morgan fingerprint density at radius 2 is 1.74 bits per heavy atom. The number of aryl methyl sites for hydroxylation is 1. The van der Waals surface area contributed by atoms with E-state index in [1.165, 1.54) is 28.4 Å². The first-order valence-corrected chi connectivity index (χ1v) is 12.2. The van der Waals surface area contributed by atoms with Gasteiger partial charge < -0.3 is 4.90 Å². The summed E-state index contributed by atoms with van der Waals surface area (Å²) in [5, 5.41) is 0.740. The number of halogens is 1. The first kappa shape index (κ1) is 22.4. The van der Waals surface area contributed by atoms with Crippen LogP contribution in [0.1, 0.15) is 56.0 Å². The molecule has 0 saturated carbocycles. The molecule has 2 aromatic carbocycles. The molecule has 0 spiro atoms. The van der Waals surface area contributed by atoms with Crippen molar-refractivity contribution in [3.63, 3.8) is 0 Å². The Kier molecular flexibility index (Phi) is 5.77. The van der Waals surface area contributed by atoms with Crippen molar-refractivity contribution in [3.05, 3.63) is 76.2 Å². The molecule has 3 heterocycles. The number of nitrogens with zero attached hydrogens (tertiary/aromatic N) is 3. The number of imide groups is 1. The number of likely N-dealkylation sites (tertiary alicyclic amines) is 1. The molecule has 1 aromatic heterocycles. The highest BCUT2D eigenvalue weighted by atomic mass is 32.1. The fourth-order valence-electron chi connectivity index (χ4n) is 4.88. The first-order valence-electron chi connectivity index (χ1n) is 11.3. The minimum atomic E-state index is -0.344. The van der Waals surface area contributed by atoms with Crippen molar-refractivity contribution in [1.29, 1.82) is 0 Å². The molecule has 8 heteroatoms. The predicted molar refractivity (Wildman–Crippen MR) is 127 cm³/mol. The lowest BCUT2D eigenvalue weighted by molar-refractivity contribution is 0.0366. The number of hydrogen-bond donors (Lipinski definition) is 0. The van der Waals surface area contributed by atoms with Crippen molar-refractivity contribution in [1.82, 2.24) is 14.8 Å². The number of aromatic nitrogens is 1. The van der Waals surface area contributed by atoms with Gasteiger partial charge >= 0.3 is 0 Å². The average Bonchev–Trinajstić information content (AvgIpc) is 3.34. The van der Waals surface area contributed by atoms with E-state index in [1.807, 2.05) is 6.92 Å². The molecule has 0 bridgehead atoms. The highest BCUT2D eigenvalue weighted by molar-refractivity contribution is 7.15. The highest BCUT2D eigenvalue weighted by Gasteiger charge is 2.41. The number of amides is 3. The molecule has 0 radical (unpaired) electrons. The van der Waals surface area contributed by atoms with Gasteiger partial charge in [-0.2, -0.15) is 0 Å². The fourth-order valence-corrected chi connectivity index (χ4v) is 5.79. The lowest BCUT2D eigenvalue weighted by Crippen LogP contribution is -2.54. The second-order valence-electron chi connectivity index (χ2n) is 8.87. The fraction of sp³-hybridized carbons (Fsp3) is 0.308. The number of rotatable bonds is 4. The number of piperidine rings is 1. The summed E-state index contributed by atoms with van der Waals surface area (Å²) in [6, 6.07) is 12.5. The van der Waals surface area contributed by atoms with Gasteiger partial charge in [-0.15, -0.1) is 11.3 Å². The van der Waals surface area contributed by atoms with Crippen molar-refractivity contribution in [2.45, 2.75) is 32.7 Å². The number of carbonyl (C=O) groups is 3. The molecule has 6 nitrogen and oxygen atoms in total. The zero-order valence-corrected chi connectivity index (χ0v) is 19.8. The van der Waals surface area contributed by atoms with Crippen LogP contribution in [-0.4, -0.2) is 51.6 Å². The molecule has 2 aliphatic rings. The molecule has 2 unspecified atom stereocenters.